The lowest BCUT2D eigenvalue weighted by atomic mass is 9.83. The smallest absolute Gasteiger partial charge is 0.333 e. The van der Waals surface area contributed by atoms with Crippen LogP contribution >= 0.6 is 11.3 Å². The first-order chi connectivity index (χ1) is 18.1. The van der Waals surface area contributed by atoms with Gasteiger partial charge >= 0.3 is 6.18 Å². The first kappa shape index (κ1) is 26.2. The van der Waals surface area contributed by atoms with Crippen molar-refractivity contribution in [3.63, 3.8) is 0 Å². The Kier molecular flexibility index (Phi) is 6.95. The van der Waals surface area contributed by atoms with Crippen molar-refractivity contribution >= 4 is 17.2 Å². The fourth-order valence-electron chi connectivity index (χ4n) is 5.13. The summed E-state index contributed by atoms with van der Waals surface area (Å²) in [6.07, 6.45) is 4.73. The average Bonchev–Trinajstić information content (AvgIpc) is 3.30. The number of thiophene rings is 1. The summed E-state index contributed by atoms with van der Waals surface area (Å²) in [4.78, 5) is 16.3. The number of nitrogens with zero attached hydrogens (tertiary/aromatic N) is 4. The maximum atomic E-state index is 14.0. The van der Waals surface area contributed by atoms with Gasteiger partial charge in [-0.15, -0.1) is 11.3 Å². The number of aromatic nitrogens is 2. The Bertz CT molecular complexity index is 1420. The Morgan fingerprint density at radius 1 is 1.26 bits per heavy atom. The number of fused-ring (bicyclic) bond motifs is 1. The second kappa shape index (κ2) is 10.1. The number of allylic oxidation sites excluding steroid dienone is 1. The van der Waals surface area contributed by atoms with E-state index < -0.39 is 11.9 Å². The lowest BCUT2D eigenvalue weighted by Gasteiger charge is -2.33. The zero-order valence-corrected chi connectivity index (χ0v) is 22.2. The predicted octanol–water partition coefficient (Wildman–Crippen LogP) is 7.13. The Labute approximate surface area is 224 Å². The summed E-state index contributed by atoms with van der Waals surface area (Å²) in [5.41, 5.74) is 1.51. The Morgan fingerprint density at radius 2 is 2.03 bits per heavy atom. The molecule has 9 heteroatoms. The van der Waals surface area contributed by atoms with Crippen LogP contribution < -0.4 is 0 Å². The molecule has 3 heterocycles. The first-order valence-electron chi connectivity index (χ1n) is 12.8. The van der Waals surface area contributed by atoms with Gasteiger partial charge in [-0.1, -0.05) is 37.3 Å². The Balaban J connectivity index is 1.51. The molecular formula is C29H29F3N4OS. The number of hydrogen-bond donors (Lipinski definition) is 0. The number of carbonyl (C=O) groups is 1. The van der Waals surface area contributed by atoms with Gasteiger partial charge in [0.05, 0.1) is 6.54 Å². The Morgan fingerprint density at radius 3 is 2.71 bits per heavy atom. The van der Waals surface area contributed by atoms with Crippen molar-refractivity contribution in [2.24, 2.45) is 5.41 Å². The molecule has 1 aliphatic heterocycles. The van der Waals surface area contributed by atoms with Gasteiger partial charge in [0.2, 0.25) is 5.91 Å². The van der Waals surface area contributed by atoms with Gasteiger partial charge in [0.1, 0.15) is 10.9 Å². The van der Waals surface area contributed by atoms with Crippen molar-refractivity contribution in [1.82, 2.24) is 14.7 Å². The predicted molar refractivity (Wildman–Crippen MR) is 140 cm³/mol. The summed E-state index contributed by atoms with van der Waals surface area (Å²) in [5, 5.41) is 13.4. The molecule has 1 aromatic carbocycles. The van der Waals surface area contributed by atoms with E-state index in [1.54, 1.807) is 36.1 Å². The molecule has 1 aliphatic carbocycles. The third kappa shape index (κ3) is 5.28. The molecule has 0 saturated heterocycles. The molecule has 0 unspecified atom stereocenters. The van der Waals surface area contributed by atoms with Crippen molar-refractivity contribution in [3.8, 4) is 17.2 Å². The highest BCUT2D eigenvalue weighted by atomic mass is 32.1. The van der Waals surface area contributed by atoms with Crippen molar-refractivity contribution in [3.05, 3.63) is 75.3 Å². The fourth-order valence-corrected chi connectivity index (χ4v) is 6.16. The summed E-state index contributed by atoms with van der Waals surface area (Å²) < 4.78 is 43.2. The topological polar surface area (TPSA) is 61.9 Å². The lowest BCUT2D eigenvalue weighted by molar-refractivity contribution is -0.141. The summed E-state index contributed by atoms with van der Waals surface area (Å²) in [6.45, 7) is 5.00. The van der Waals surface area contributed by atoms with Gasteiger partial charge in [-0.05, 0) is 66.9 Å². The van der Waals surface area contributed by atoms with Crippen molar-refractivity contribution in [1.29, 1.82) is 5.26 Å². The molecule has 0 N–H and O–H groups in total. The third-order valence-electron chi connectivity index (χ3n) is 7.64. The van der Waals surface area contributed by atoms with Crippen LogP contribution in [-0.2, 0) is 24.1 Å². The van der Waals surface area contributed by atoms with Gasteiger partial charge in [-0.3, -0.25) is 9.48 Å². The summed E-state index contributed by atoms with van der Waals surface area (Å²) in [5.74, 6) is -0.497. The highest BCUT2D eigenvalue weighted by Gasteiger charge is 2.39. The van der Waals surface area contributed by atoms with Gasteiger partial charge < -0.3 is 4.90 Å². The van der Waals surface area contributed by atoms with E-state index in [4.69, 9.17) is 0 Å². The monoisotopic (exact) mass is 538 g/mol. The SMILES string of the molecule is CCn1cc(-c2ccccc2[C@@H]2CN(C(=O)/C=C/CCC3(C)CC3)Cc3sc(C#N)cc32)c(C(F)(F)F)n1. The van der Waals surface area contributed by atoms with Crippen LogP contribution in [0.25, 0.3) is 11.1 Å². The minimum atomic E-state index is -4.61. The quantitative estimate of drug-likeness (QED) is 0.301. The minimum absolute atomic E-state index is 0.0177. The number of halogens is 3. The number of benzene rings is 1. The van der Waals surface area contributed by atoms with Crippen LogP contribution in [0.5, 0.6) is 0 Å². The summed E-state index contributed by atoms with van der Waals surface area (Å²) in [7, 11) is 0. The van der Waals surface area contributed by atoms with Crippen LogP contribution in [-0.4, -0.2) is 27.1 Å². The molecule has 5 rings (SSSR count). The number of alkyl halides is 3. The lowest BCUT2D eigenvalue weighted by Crippen LogP contribution is -2.37. The summed E-state index contributed by atoms with van der Waals surface area (Å²) in [6, 6.07) is 11.0. The minimum Gasteiger partial charge on any atom is -0.333 e. The van der Waals surface area contributed by atoms with E-state index in [1.807, 2.05) is 18.2 Å². The van der Waals surface area contributed by atoms with Crippen LogP contribution in [0.2, 0.25) is 0 Å². The van der Waals surface area contributed by atoms with E-state index in [2.05, 4.69) is 18.1 Å². The van der Waals surface area contributed by atoms with E-state index in [0.29, 0.717) is 41.1 Å². The maximum Gasteiger partial charge on any atom is 0.435 e. The number of amides is 1. The highest BCUT2D eigenvalue weighted by Crippen LogP contribution is 2.49. The van der Waals surface area contributed by atoms with Gasteiger partial charge in [-0.2, -0.15) is 23.5 Å². The number of aryl methyl sites for hydroxylation is 1. The highest BCUT2D eigenvalue weighted by molar-refractivity contribution is 7.12. The van der Waals surface area contributed by atoms with Gasteiger partial charge in [0.15, 0.2) is 5.69 Å². The zero-order chi connectivity index (χ0) is 27.1. The Hall–Kier alpha value is -3.38. The fraction of sp³-hybridized carbons (Fsp3) is 0.414. The molecule has 5 nitrogen and oxygen atoms in total. The molecule has 2 aromatic heterocycles. The second-order valence-corrected chi connectivity index (χ2v) is 11.6. The van der Waals surface area contributed by atoms with E-state index in [9.17, 15) is 23.2 Å². The first-order valence-corrected chi connectivity index (χ1v) is 13.7. The number of rotatable bonds is 7. The van der Waals surface area contributed by atoms with E-state index in [0.717, 1.165) is 23.3 Å². The van der Waals surface area contributed by atoms with Crippen molar-refractivity contribution in [2.45, 2.75) is 64.7 Å². The van der Waals surface area contributed by atoms with E-state index >= 15 is 0 Å². The number of nitriles is 1. The molecule has 0 bridgehead atoms. The standard InChI is InChI=1S/C29H29F3N4OS/c1-3-36-17-24(27(34-36)29(30,31)32)21-9-5-4-8-20(21)23-16-35(18-25-22(23)14-19(15-33)38-25)26(37)10-6-7-11-28(2)12-13-28/h4-6,8-10,14,17,23H,3,7,11-13,16,18H2,1-2H3/b10-6+/t23-/m0/s1. The second-order valence-electron chi connectivity index (χ2n) is 10.5. The summed E-state index contributed by atoms with van der Waals surface area (Å²) >= 11 is 1.34. The van der Waals surface area contributed by atoms with Gasteiger partial charge in [0, 0.05) is 35.6 Å². The molecule has 1 fully saturated rings. The van der Waals surface area contributed by atoms with Crippen LogP contribution in [0.15, 0.2) is 48.7 Å². The van der Waals surface area contributed by atoms with Gasteiger partial charge in [0.25, 0.3) is 0 Å². The number of carbonyl (C=O) groups excluding carboxylic acids is 1. The molecular weight excluding hydrogens is 509 g/mol. The van der Waals surface area contributed by atoms with Crippen LogP contribution in [0.4, 0.5) is 13.2 Å². The van der Waals surface area contributed by atoms with Crippen LogP contribution in [0, 0.1) is 16.7 Å². The van der Waals surface area contributed by atoms with Crippen LogP contribution in [0.1, 0.15) is 72.0 Å². The molecule has 2 aliphatic rings. The molecule has 1 atom stereocenters. The zero-order valence-electron chi connectivity index (χ0n) is 21.4. The van der Waals surface area contributed by atoms with Crippen molar-refractivity contribution < 1.29 is 18.0 Å². The molecule has 1 amide bonds. The third-order valence-corrected chi connectivity index (χ3v) is 8.68. The maximum absolute atomic E-state index is 14.0. The van der Waals surface area contributed by atoms with E-state index in [-0.39, 0.29) is 17.4 Å². The van der Waals surface area contributed by atoms with E-state index in [1.165, 1.54) is 35.1 Å². The molecule has 1 saturated carbocycles. The molecule has 0 spiro atoms. The largest absolute Gasteiger partial charge is 0.435 e. The molecule has 198 valence electrons. The molecule has 3 aromatic rings. The average molecular weight is 539 g/mol. The number of hydrogen-bond acceptors (Lipinski definition) is 4. The normalized spacial score (nSPS) is 18.4. The molecule has 0 radical (unpaired) electrons. The van der Waals surface area contributed by atoms with Crippen molar-refractivity contribution in [2.75, 3.05) is 6.54 Å². The van der Waals surface area contributed by atoms with Crippen LogP contribution in [0.3, 0.4) is 0 Å². The molecule has 38 heavy (non-hydrogen) atoms. The van der Waals surface area contributed by atoms with Gasteiger partial charge in [-0.25, -0.2) is 0 Å².